The van der Waals surface area contributed by atoms with E-state index in [1.807, 2.05) is 19.9 Å². The number of hydrogen-bond donors (Lipinski definition) is 0. The molecule has 148 valence electrons. The van der Waals surface area contributed by atoms with Crippen molar-refractivity contribution in [3.8, 4) is 0 Å². The average Bonchev–Trinajstić information content (AvgIpc) is 2.56. The van der Waals surface area contributed by atoms with Crippen molar-refractivity contribution in [3.63, 3.8) is 0 Å². The molecule has 8 nitrogen and oxygen atoms in total. The number of hydrogen-bond acceptors (Lipinski definition) is 8. The Morgan fingerprint density at radius 2 is 1.62 bits per heavy atom. The first-order valence-electron chi connectivity index (χ1n) is 8.70. The van der Waals surface area contributed by atoms with Gasteiger partial charge in [0, 0.05) is 21.1 Å². The Balaban J connectivity index is 2.01. The molecule has 0 saturated carbocycles. The maximum Gasteiger partial charge on any atom is 0.303 e. The highest BCUT2D eigenvalue weighted by molar-refractivity contribution is 5.66. The standard InChI is InChI=1S/C18H28O8/c1-10(19)23-12-8-11-9-22-16(2,3)24-13(11)15-14(12)25-17(4,20-6)18(5,21-7)26-15/h8,12-15H,9H2,1-7H3/t12-,13-,14+,15+,17-,18-/m1/s1. The maximum absolute atomic E-state index is 11.6. The molecule has 0 amide bonds. The molecule has 0 N–H and O–H groups in total. The van der Waals surface area contributed by atoms with Gasteiger partial charge >= 0.3 is 5.97 Å². The van der Waals surface area contributed by atoms with Crippen LogP contribution in [0.5, 0.6) is 0 Å². The minimum atomic E-state index is -1.20. The van der Waals surface area contributed by atoms with Gasteiger partial charge in [-0.2, -0.15) is 0 Å². The minimum Gasteiger partial charge on any atom is -0.455 e. The summed E-state index contributed by atoms with van der Waals surface area (Å²) >= 11 is 0. The SMILES string of the molecule is CO[C@]1(C)O[C@@H]2[C@@H](O[C@@]1(C)OC)[C@H](OC(C)=O)C=C1COC(C)(C)O[C@H]12. The van der Waals surface area contributed by atoms with Crippen molar-refractivity contribution >= 4 is 5.97 Å². The Morgan fingerprint density at radius 3 is 2.15 bits per heavy atom. The average molecular weight is 372 g/mol. The molecule has 3 aliphatic rings. The molecule has 2 saturated heterocycles. The zero-order valence-corrected chi connectivity index (χ0v) is 16.4. The van der Waals surface area contributed by atoms with E-state index in [0.717, 1.165) is 5.57 Å². The highest BCUT2D eigenvalue weighted by Gasteiger charge is 2.62. The lowest BCUT2D eigenvalue weighted by Crippen LogP contribution is -2.71. The second-order valence-electron chi connectivity index (χ2n) is 7.51. The fourth-order valence-corrected chi connectivity index (χ4v) is 3.60. The first-order chi connectivity index (χ1) is 12.0. The van der Waals surface area contributed by atoms with Crippen LogP contribution in [0, 0.1) is 0 Å². The van der Waals surface area contributed by atoms with E-state index in [0.29, 0.717) is 6.61 Å². The molecule has 0 aromatic rings. The zero-order chi connectivity index (χ0) is 19.3. The number of carbonyl (C=O) groups excluding carboxylic acids is 1. The number of methoxy groups -OCH3 is 2. The zero-order valence-electron chi connectivity index (χ0n) is 16.4. The van der Waals surface area contributed by atoms with Gasteiger partial charge in [0.2, 0.25) is 11.6 Å². The summed E-state index contributed by atoms with van der Waals surface area (Å²) in [7, 11) is 3.04. The summed E-state index contributed by atoms with van der Waals surface area (Å²) in [6.07, 6.45) is -0.415. The summed E-state index contributed by atoms with van der Waals surface area (Å²) in [5.74, 6) is -3.56. The summed E-state index contributed by atoms with van der Waals surface area (Å²) in [6, 6.07) is 0. The highest BCUT2D eigenvalue weighted by Crippen LogP contribution is 2.46. The largest absolute Gasteiger partial charge is 0.455 e. The number of fused-ring (bicyclic) bond motifs is 3. The Hall–Kier alpha value is -1.03. The Morgan fingerprint density at radius 1 is 1.04 bits per heavy atom. The number of esters is 1. The van der Waals surface area contributed by atoms with Gasteiger partial charge < -0.3 is 33.2 Å². The van der Waals surface area contributed by atoms with Crippen LogP contribution in [0.3, 0.4) is 0 Å². The van der Waals surface area contributed by atoms with Crippen LogP contribution in [0.15, 0.2) is 11.6 Å². The molecule has 0 spiro atoms. The van der Waals surface area contributed by atoms with Crippen LogP contribution in [-0.4, -0.2) is 68.6 Å². The normalized spacial score (nSPS) is 44.5. The molecule has 0 aromatic carbocycles. The van der Waals surface area contributed by atoms with Gasteiger partial charge in [-0.3, -0.25) is 4.79 Å². The van der Waals surface area contributed by atoms with E-state index < -0.39 is 47.7 Å². The van der Waals surface area contributed by atoms with Gasteiger partial charge in [-0.25, -0.2) is 0 Å². The van der Waals surface area contributed by atoms with Crippen molar-refractivity contribution in [1.82, 2.24) is 0 Å². The van der Waals surface area contributed by atoms with Crippen LogP contribution in [0.25, 0.3) is 0 Å². The number of ether oxygens (including phenoxy) is 7. The summed E-state index contributed by atoms with van der Waals surface area (Å²) in [6.45, 7) is 8.87. The van der Waals surface area contributed by atoms with Crippen LogP contribution < -0.4 is 0 Å². The minimum absolute atomic E-state index is 0.354. The smallest absolute Gasteiger partial charge is 0.303 e. The Labute approximate surface area is 153 Å². The van der Waals surface area contributed by atoms with Crippen LogP contribution in [0.1, 0.15) is 34.6 Å². The Bertz CT molecular complexity index is 602. The van der Waals surface area contributed by atoms with Gasteiger partial charge in [-0.15, -0.1) is 0 Å². The van der Waals surface area contributed by atoms with Crippen molar-refractivity contribution in [1.29, 1.82) is 0 Å². The van der Waals surface area contributed by atoms with Crippen LogP contribution >= 0.6 is 0 Å². The van der Waals surface area contributed by atoms with Gasteiger partial charge in [0.1, 0.15) is 24.4 Å². The molecule has 2 heterocycles. The molecule has 3 rings (SSSR count). The third-order valence-electron chi connectivity index (χ3n) is 5.31. The van der Waals surface area contributed by atoms with E-state index in [4.69, 9.17) is 33.2 Å². The molecular weight excluding hydrogens is 344 g/mol. The summed E-state index contributed by atoms with van der Waals surface area (Å²) in [5, 5.41) is 0. The van der Waals surface area contributed by atoms with Gasteiger partial charge in [-0.1, -0.05) is 0 Å². The van der Waals surface area contributed by atoms with Crippen LogP contribution in [-0.2, 0) is 38.0 Å². The van der Waals surface area contributed by atoms with E-state index in [9.17, 15) is 4.79 Å². The third kappa shape index (κ3) is 3.19. The quantitative estimate of drug-likeness (QED) is 0.545. The second-order valence-corrected chi connectivity index (χ2v) is 7.51. The molecule has 2 fully saturated rings. The molecule has 1 aliphatic carbocycles. The molecule has 6 atom stereocenters. The first-order valence-corrected chi connectivity index (χ1v) is 8.70. The van der Waals surface area contributed by atoms with E-state index in [1.54, 1.807) is 13.8 Å². The monoisotopic (exact) mass is 372 g/mol. The van der Waals surface area contributed by atoms with E-state index in [2.05, 4.69) is 0 Å². The molecule has 8 heteroatoms. The van der Waals surface area contributed by atoms with Crippen LogP contribution in [0.2, 0.25) is 0 Å². The van der Waals surface area contributed by atoms with E-state index in [-0.39, 0.29) is 0 Å². The van der Waals surface area contributed by atoms with Gasteiger partial charge in [0.05, 0.1) is 6.61 Å². The van der Waals surface area contributed by atoms with Gasteiger partial charge in [0.25, 0.3) is 0 Å². The predicted molar refractivity (Wildman–Crippen MR) is 89.1 cm³/mol. The fraction of sp³-hybridized carbons (Fsp3) is 0.833. The van der Waals surface area contributed by atoms with Crippen molar-refractivity contribution < 1.29 is 38.0 Å². The number of rotatable bonds is 3. The molecule has 0 unspecified atom stereocenters. The second kappa shape index (κ2) is 6.54. The molecule has 26 heavy (non-hydrogen) atoms. The molecule has 2 aliphatic heterocycles. The third-order valence-corrected chi connectivity index (χ3v) is 5.31. The van der Waals surface area contributed by atoms with Crippen molar-refractivity contribution in [2.45, 2.75) is 76.4 Å². The van der Waals surface area contributed by atoms with E-state index >= 15 is 0 Å². The van der Waals surface area contributed by atoms with Crippen molar-refractivity contribution in [2.24, 2.45) is 0 Å². The Kier molecular flexibility index (Phi) is 4.96. The van der Waals surface area contributed by atoms with Gasteiger partial charge in [0.15, 0.2) is 5.79 Å². The molecule has 0 bridgehead atoms. The molecule has 0 radical (unpaired) electrons. The van der Waals surface area contributed by atoms with E-state index in [1.165, 1.54) is 21.1 Å². The fourth-order valence-electron chi connectivity index (χ4n) is 3.60. The topological polar surface area (TPSA) is 81.7 Å². The summed E-state index contributed by atoms with van der Waals surface area (Å²) in [5.41, 5.74) is 0.847. The highest BCUT2D eigenvalue weighted by atomic mass is 16.8. The maximum atomic E-state index is 11.6. The van der Waals surface area contributed by atoms with Crippen molar-refractivity contribution in [3.05, 3.63) is 11.6 Å². The molecule has 0 aromatic heterocycles. The first kappa shape index (κ1) is 19.7. The van der Waals surface area contributed by atoms with Gasteiger partial charge in [-0.05, 0) is 39.3 Å². The lowest BCUT2D eigenvalue weighted by atomic mass is 9.86. The van der Waals surface area contributed by atoms with Crippen molar-refractivity contribution in [2.75, 3.05) is 20.8 Å². The summed E-state index contributed by atoms with van der Waals surface area (Å²) in [4.78, 5) is 11.6. The lowest BCUT2D eigenvalue weighted by Gasteiger charge is -2.56. The van der Waals surface area contributed by atoms with Crippen LogP contribution in [0.4, 0.5) is 0 Å². The molecular formula is C18H28O8. The number of carbonyl (C=O) groups is 1. The predicted octanol–water partition coefficient (Wildman–Crippen LogP) is 1.52. The summed E-state index contributed by atoms with van der Waals surface area (Å²) < 4.78 is 41.0. The lowest BCUT2D eigenvalue weighted by molar-refractivity contribution is -0.464.